The van der Waals surface area contributed by atoms with Gasteiger partial charge in [0.1, 0.15) is 0 Å². The fourth-order valence-corrected chi connectivity index (χ4v) is 2.79. The van der Waals surface area contributed by atoms with Crippen molar-refractivity contribution in [2.24, 2.45) is 5.73 Å². The van der Waals surface area contributed by atoms with E-state index in [0.29, 0.717) is 12.6 Å². The molecule has 0 saturated carbocycles. The Bertz CT molecular complexity index is 584. The molecule has 0 bridgehead atoms. The minimum absolute atomic E-state index is 0.338. The van der Waals surface area contributed by atoms with E-state index in [-0.39, 0.29) is 0 Å². The van der Waals surface area contributed by atoms with Crippen LogP contribution in [-0.4, -0.2) is 21.5 Å². The van der Waals surface area contributed by atoms with Gasteiger partial charge in [0.25, 0.3) is 0 Å². The summed E-state index contributed by atoms with van der Waals surface area (Å²) >= 11 is 0. The van der Waals surface area contributed by atoms with Crippen LogP contribution in [0.3, 0.4) is 0 Å². The van der Waals surface area contributed by atoms with Crippen molar-refractivity contribution in [3.8, 4) is 0 Å². The van der Waals surface area contributed by atoms with E-state index in [1.54, 1.807) is 0 Å². The number of nitrogens with zero attached hydrogens (tertiary/aromatic N) is 4. The Morgan fingerprint density at radius 3 is 2.85 bits per heavy atom. The van der Waals surface area contributed by atoms with Gasteiger partial charge in [0.05, 0.1) is 11.7 Å². The zero-order valence-electron chi connectivity index (χ0n) is 11.7. The van der Waals surface area contributed by atoms with E-state index in [1.165, 1.54) is 5.56 Å². The lowest BCUT2D eigenvalue weighted by Crippen LogP contribution is -2.25. The van der Waals surface area contributed by atoms with Crippen molar-refractivity contribution in [2.75, 3.05) is 11.4 Å². The molecule has 20 heavy (non-hydrogen) atoms. The maximum absolute atomic E-state index is 5.71. The smallest absolute Gasteiger partial charge is 0.226 e. The van der Waals surface area contributed by atoms with Gasteiger partial charge in [0, 0.05) is 31.2 Å². The predicted octanol–water partition coefficient (Wildman–Crippen LogP) is 1.98. The van der Waals surface area contributed by atoms with Crippen LogP contribution in [0.2, 0.25) is 0 Å². The van der Waals surface area contributed by atoms with E-state index in [1.807, 2.05) is 25.4 Å². The zero-order valence-corrected chi connectivity index (χ0v) is 11.7. The molecule has 2 aromatic rings. The van der Waals surface area contributed by atoms with E-state index < -0.39 is 0 Å². The van der Waals surface area contributed by atoms with Gasteiger partial charge in [-0.1, -0.05) is 0 Å². The second-order valence-corrected chi connectivity index (χ2v) is 5.14. The molecule has 0 amide bonds. The van der Waals surface area contributed by atoms with Gasteiger partial charge in [-0.2, -0.15) is 0 Å². The first kappa shape index (κ1) is 13.0. The molecule has 0 aromatic carbocycles. The van der Waals surface area contributed by atoms with Crippen LogP contribution in [0.25, 0.3) is 0 Å². The Morgan fingerprint density at radius 2 is 2.10 bits per heavy atom. The van der Waals surface area contributed by atoms with E-state index >= 15 is 0 Å². The van der Waals surface area contributed by atoms with Crippen molar-refractivity contribution in [3.63, 3.8) is 0 Å². The van der Waals surface area contributed by atoms with Crippen molar-refractivity contribution < 1.29 is 0 Å². The van der Waals surface area contributed by atoms with Crippen LogP contribution in [0.4, 0.5) is 5.95 Å². The molecule has 1 unspecified atom stereocenters. The number of hydrogen-bond donors (Lipinski definition) is 1. The van der Waals surface area contributed by atoms with Crippen LogP contribution in [-0.2, 0) is 6.54 Å². The average molecular weight is 269 g/mol. The topological polar surface area (TPSA) is 67.9 Å². The summed E-state index contributed by atoms with van der Waals surface area (Å²) in [7, 11) is 0. The molecule has 2 aromatic heterocycles. The van der Waals surface area contributed by atoms with E-state index in [2.05, 4.69) is 32.0 Å². The van der Waals surface area contributed by atoms with Gasteiger partial charge in [-0.05, 0) is 43.5 Å². The highest BCUT2D eigenvalue weighted by Gasteiger charge is 2.28. The molecule has 5 nitrogen and oxygen atoms in total. The summed E-state index contributed by atoms with van der Waals surface area (Å²) in [6.45, 7) is 3.42. The van der Waals surface area contributed by atoms with Crippen molar-refractivity contribution in [3.05, 3.63) is 47.5 Å². The number of anilines is 1. The number of rotatable bonds is 3. The monoisotopic (exact) mass is 269 g/mol. The first-order chi connectivity index (χ1) is 9.78. The van der Waals surface area contributed by atoms with Crippen molar-refractivity contribution in [1.29, 1.82) is 0 Å². The minimum Gasteiger partial charge on any atom is -0.334 e. The lowest BCUT2D eigenvalue weighted by molar-refractivity contribution is 0.695. The molecule has 1 fully saturated rings. The summed E-state index contributed by atoms with van der Waals surface area (Å²) in [5.41, 5.74) is 8.85. The summed E-state index contributed by atoms with van der Waals surface area (Å²) in [6, 6.07) is 6.43. The molecule has 2 N–H and O–H groups in total. The lowest BCUT2D eigenvalue weighted by atomic mass is 10.1. The van der Waals surface area contributed by atoms with Crippen molar-refractivity contribution in [1.82, 2.24) is 15.0 Å². The summed E-state index contributed by atoms with van der Waals surface area (Å²) in [5.74, 6) is 0.796. The molecule has 104 valence electrons. The molecular weight excluding hydrogens is 250 g/mol. The van der Waals surface area contributed by atoms with Gasteiger partial charge in [0.2, 0.25) is 5.95 Å². The molecule has 0 radical (unpaired) electrons. The normalized spacial score (nSPS) is 18.5. The second kappa shape index (κ2) is 5.54. The number of aryl methyl sites for hydroxylation is 1. The summed E-state index contributed by atoms with van der Waals surface area (Å²) in [4.78, 5) is 15.5. The standard InChI is InChI=1S/C15H19N5/c1-11-9-13(10-16)19-15(18-11)20-8-2-3-14(20)12-4-6-17-7-5-12/h4-7,9,14H,2-3,8,10,16H2,1H3. The summed E-state index contributed by atoms with van der Waals surface area (Å²) < 4.78 is 0. The predicted molar refractivity (Wildman–Crippen MR) is 78.2 cm³/mol. The molecule has 5 heteroatoms. The van der Waals surface area contributed by atoms with Crippen LogP contribution in [0.1, 0.15) is 35.8 Å². The van der Waals surface area contributed by atoms with Gasteiger partial charge in [-0.15, -0.1) is 0 Å². The third kappa shape index (κ3) is 2.49. The number of nitrogens with two attached hydrogens (primary N) is 1. The first-order valence-corrected chi connectivity index (χ1v) is 6.99. The molecular formula is C15H19N5. The van der Waals surface area contributed by atoms with E-state index in [9.17, 15) is 0 Å². The van der Waals surface area contributed by atoms with Gasteiger partial charge in [-0.3, -0.25) is 4.98 Å². The molecule has 3 rings (SSSR count). The summed E-state index contributed by atoms with van der Waals surface area (Å²) in [6.07, 6.45) is 5.96. The highest BCUT2D eigenvalue weighted by atomic mass is 15.3. The Hall–Kier alpha value is -2.01. The Balaban J connectivity index is 1.94. The van der Waals surface area contributed by atoms with Gasteiger partial charge in [0.15, 0.2) is 0 Å². The quantitative estimate of drug-likeness (QED) is 0.922. The first-order valence-electron chi connectivity index (χ1n) is 6.99. The van der Waals surface area contributed by atoms with E-state index in [4.69, 9.17) is 5.73 Å². The number of hydrogen-bond acceptors (Lipinski definition) is 5. The third-order valence-electron chi connectivity index (χ3n) is 3.71. The molecule has 3 heterocycles. The highest BCUT2D eigenvalue weighted by Crippen LogP contribution is 2.34. The van der Waals surface area contributed by atoms with Crippen LogP contribution >= 0.6 is 0 Å². The fourth-order valence-electron chi connectivity index (χ4n) is 2.79. The Morgan fingerprint density at radius 1 is 1.30 bits per heavy atom. The maximum atomic E-state index is 5.71. The van der Waals surface area contributed by atoms with E-state index in [0.717, 1.165) is 36.7 Å². The number of aromatic nitrogens is 3. The van der Waals surface area contributed by atoms with Gasteiger partial charge < -0.3 is 10.6 Å². The Kier molecular flexibility index (Phi) is 3.60. The van der Waals surface area contributed by atoms with Crippen LogP contribution in [0.15, 0.2) is 30.6 Å². The van der Waals surface area contributed by atoms with Gasteiger partial charge >= 0.3 is 0 Å². The maximum Gasteiger partial charge on any atom is 0.226 e. The molecule has 0 aliphatic carbocycles. The van der Waals surface area contributed by atoms with Crippen molar-refractivity contribution >= 4 is 5.95 Å². The average Bonchev–Trinajstić information content (AvgIpc) is 2.97. The SMILES string of the molecule is Cc1cc(CN)nc(N2CCCC2c2ccncc2)n1. The third-order valence-corrected chi connectivity index (χ3v) is 3.71. The second-order valence-electron chi connectivity index (χ2n) is 5.14. The number of pyridine rings is 1. The highest BCUT2D eigenvalue weighted by molar-refractivity contribution is 5.39. The molecule has 1 saturated heterocycles. The minimum atomic E-state index is 0.338. The molecule has 1 aliphatic rings. The largest absolute Gasteiger partial charge is 0.334 e. The summed E-state index contributed by atoms with van der Waals surface area (Å²) in [5, 5.41) is 0. The van der Waals surface area contributed by atoms with Crippen LogP contribution in [0.5, 0.6) is 0 Å². The van der Waals surface area contributed by atoms with Crippen LogP contribution < -0.4 is 10.6 Å². The zero-order chi connectivity index (χ0) is 13.9. The van der Waals surface area contributed by atoms with Crippen LogP contribution in [0, 0.1) is 6.92 Å². The van der Waals surface area contributed by atoms with Gasteiger partial charge in [-0.25, -0.2) is 9.97 Å². The Labute approximate surface area is 118 Å². The molecule has 0 spiro atoms. The molecule has 1 aliphatic heterocycles. The lowest BCUT2D eigenvalue weighted by Gasteiger charge is -2.25. The fraction of sp³-hybridized carbons (Fsp3) is 0.400. The van der Waals surface area contributed by atoms with Crippen molar-refractivity contribution in [2.45, 2.75) is 32.4 Å². The molecule has 1 atom stereocenters.